The van der Waals surface area contributed by atoms with Crippen LogP contribution >= 0.6 is 0 Å². The molecule has 0 spiro atoms. The minimum Gasteiger partial charge on any atom is -0.330 e. The minimum atomic E-state index is -3.83. The monoisotopic (exact) mass is 319 g/mol. The first kappa shape index (κ1) is 14.7. The van der Waals surface area contributed by atoms with Crippen LogP contribution in [0, 0.1) is 5.82 Å². The molecule has 5 nitrogen and oxygen atoms in total. The summed E-state index contributed by atoms with van der Waals surface area (Å²) in [5.74, 6) is -0.488. The molecule has 114 valence electrons. The van der Waals surface area contributed by atoms with Crippen molar-refractivity contribution >= 4 is 21.1 Å². The number of benzene rings is 1. The Hall–Kier alpha value is -2.25. The van der Waals surface area contributed by atoms with Crippen LogP contribution in [0.3, 0.4) is 0 Å². The van der Waals surface area contributed by atoms with Crippen LogP contribution in [0.25, 0.3) is 11.0 Å². The summed E-state index contributed by atoms with van der Waals surface area (Å²) in [6.45, 7) is 0.407. The summed E-state index contributed by atoms with van der Waals surface area (Å²) in [5, 5.41) is 0.749. The maximum atomic E-state index is 13.0. The van der Waals surface area contributed by atoms with Crippen molar-refractivity contribution in [1.29, 1.82) is 0 Å². The SMILES string of the molecule is NCCc1cn(S(=O)(=O)c2ccc(F)cc2)c2ncccc12. The number of fused-ring (bicyclic) bond motifs is 1. The number of rotatable bonds is 4. The van der Waals surface area contributed by atoms with Gasteiger partial charge in [-0.1, -0.05) is 0 Å². The highest BCUT2D eigenvalue weighted by Crippen LogP contribution is 2.24. The number of aromatic nitrogens is 2. The first-order valence-corrected chi connectivity index (χ1v) is 8.14. The second-order valence-electron chi connectivity index (χ2n) is 4.82. The lowest BCUT2D eigenvalue weighted by molar-refractivity contribution is 0.587. The standard InChI is InChI=1S/C15H14FN3O2S/c16-12-3-5-13(6-4-12)22(20,21)19-10-11(7-8-17)14-2-1-9-18-15(14)19/h1-6,9-10H,7-8,17H2. The highest BCUT2D eigenvalue weighted by molar-refractivity contribution is 7.90. The summed E-state index contributed by atoms with van der Waals surface area (Å²) in [5.41, 5.74) is 6.74. The van der Waals surface area contributed by atoms with Gasteiger partial charge in [0.05, 0.1) is 4.90 Å². The second kappa shape index (κ2) is 5.51. The maximum absolute atomic E-state index is 13.0. The third kappa shape index (κ3) is 2.38. The maximum Gasteiger partial charge on any atom is 0.269 e. The lowest BCUT2D eigenvalue weighted by Gasteiger charge is -2.06. The molecule has 0 aliphatic carbocycles. The van der Waals surface area contributed by atoms with Crippen LogP contribution in [0.15, 0.2) is 53.7 Å². The molecule has 2 aromatic heterocycles. The molecule has 3 aromatic rings. The topological polar surface area (TPSA) is 78.0 Å². The Labute approximate surface area is 127 Å². The second-order valence-corrected chi connectivity index (χ2v) is 6.64. The van der Waals surface area contributed by atoms with Gasteiger partial charge < -0.3 is 5.73 Å². The molecule has 0 aliphatic heterocycles. The Morgan fingerprint density at radius 2 is 1.91 bits per heavy atom. The van der Waals surface area contributed by atoms with Crippen molar-refractivity contribution in [3.8, 4) is 0 Å². The fraction of sp³-hybridized carbons (Fsp3) is 0.133. The zero-order chi connectivity index (χ0) is 15.7. The number of nitrogens with zero attached hydrogens (tertiary/aromatic N) is 2. The smallest absolute Gasteiger partial charge is 0.269 e. The Bertz CT molecular complexity index is 918. The van der Waals surface area contributed by atoms with Gasteiger partial charge in [-0.15, -0.1) is 0 Å². The van der Waals surface area contributed by atoms with Crippen LogP contribution in [0.1, 0.15) is 5.56 Å². The van der Waals surface area contributed by atoms with Gasteiger partial charge in [0.1, 0.15) is 5.82 Å². The fourth-order valence-corrected chi connectivity index (χ4v) is 3.70. The van der Waals surface area contributed by atoms with Crippen molar-refractivity contribution in [3.05, 3.63) is 60.2 Å². The normalized spacial score (nSPS) is 11.9. The van der Waals surface area contributed by atoms with Crippen LogP contribution in [-0.4, -0.2) is 23.9 Å². The zero-order valence-corrected chi connectivity index (χ0v) is 12.4. The zero-order valence-electron chi connectivity index (χ0n) is 11.6. The summed E-state index contributed by atoms with van der Waals surface area (Å²) >= 11 is 0. The van der Waals surface area contributed by atoms with Crippen LogP contribution in [0.4, 0.5) is 4.39 Å². The van der Waals surface area contributed by atoms with Crippen molar-refractivity contribution in [1.82, 2.24) is 8.96 Å². The number of halogens is 1. The highest BCUT2D eigenvalue weighted by Gasteiger charge is 2.21. The van der Waals surface area contributed by atoms with E-state index in [1.165, 1.54) is 24.5 Å². The Morgan fingerprint density at radius 3 is 2.59 bits per heavy atom. The Kier molecular flexibility index (Phi) is 3.67. The van der Waals surface area contributed by atoms with Gasteiger partial charge in [0.25, 0.3) is 10.0 Å². The van der Waals surface area contributed by atoms with E-state index in [1.807, 2.05) is 6.07 Å². The molecular weight excluding hydrogens is 305 g/mol. The molecule has 0 amide bonds. The number of hydrogen-bond donors (Lipinski definition) is 1. The molecule has 2 N–H and O–H groups in total. The quantitative estimate of drug-likeness (QED) is 0.797. The van der Waals surface area contributed by atoms with E-state index < -0.39 is 15.8 Å². The molecule has 0 unspecified atom stereocenters. The van der Waals surface area contributed by atoms with Crippen molar-refractivity contribution in [3.63, 3.8) is 0 Å². The van der Waals surface area contributed by atoms with E-state index in [1.54, 1.807) is 6.07 Å². The Morgan fingerprint density at radius 1 is 1.18 bits per heavy atom. The molecule has 0 fully saturated rings. The van der Waals surface area contributed by atoms with Crippen molar-refractivity contribution < 1.29 is 12.8 Å². The van der Waals surface area contributed by atoms with Gasteiger partial charge in [0.2, 0.25) is 0 Å². The van der Waals surface area contributed by atoms with E-state index in [9.17, 15) is 12.8 Å². The number of hydrogen-bond acceptors (Lipinski definition) is 4. The molecule has 3 rings (SSSR count). The molecule has 0 bridgehead atoms. The summed E-state index contributed by atoms with van der Waals surface area (Å²) in [7, 11) is -3.83. The molecule has 7 heteroatoms. The summed E-state index contributed by atoms with van der Waals surface area (Å²) in [4.78, 5) is 4.17. The summed E-state index contributed by atoms with van der Waals surface area (Å²) in [6, 6.07) is 8.27. The van der Waals surface area contributed by atoms with Crippen molar-refractivity contribution in [2.45, 2.75) is 11.3 Å². The van der Waals surface area contributed by atoms with Crippen LogP contribution < -0.4 is 5.73 Å². The molecule has 0 aliphatic rings. The van der Waals surface area contributed by atoms with Gasteiger partial charge in [-0.05, 0) is 54.9 Å². The summed E-state index contributed by atoms with van der Waals surface area (Å²) < 4.78 is 39.6. The third-order valence-corrected chi connectivity index (χ3v) is 5.06. The Balaban J connectivity index is 2.23. The fourth-order valence-electron chi connectivity index (χ4n) is 2.35. The van der Waals surface area contributed by atoms with E-state index in [0.29, 0.717) is 18.6 Å². The highest BCUT2D eigenvalue weighted by atomic mass is 32.2. The lowest BCUT2D eigenvalue weighted by atomic mass is 10.2. The molecule has 1 aromatic carbocycles. The average molecular weight is 319 g/mol. The molecule has 0 atom stereocenters. The van der Waals surface area contributed by atoms with Gasteiger partial charge in [0.15, 0.2) is 5.65 Å². The van der Waals surface area contributed by atoms with Crippen molar-refractivity contribution in [2.24, 2.45) is 5.73 Å². The van der Waals surface area contributed by atoms with E-state index in [0.717, 1.165) is 27.1 Å². The van der Waals surface area contributed by atoms with Crippen LogP contribution in [-0.2, 0) is 16.4 Å². The van der Waals surface area contributed by atoms with Crippen LogP contribution in [0.2, 0.25) is 0 Å². The molecular formula is C15H14FN3O2S. The van der Waals surface area contributed by atoms with E-state index in [4.69, 9.17) is 5.73 Å². The lowest BCUT2D eigenvalue weighted by Crippen LogP contribution is -2.12. The van der Waals surface area contributed by atoms with Gasteiger partial charge in [-0.25, -0.2) is 21.8 Å². The number of pyridine rings is 1. The summed E-state index contributed by atoms with van der Waals surface area (Å²) in [6.07, 6.45) is 3.61. The first-order chi connectivity index (χ1) is 10.5. The van der Waals surface area contributed by atoms with Crippen LogP contribution in [0.5, 0.6) is 0 Å². The first-order valence-electron chi connectivity index (χ1n) is 6.70. The van der Waals surface area contributed by atoms with Gasteiger partial charge >= 0.3 is 0 Å². The largest absolute Gasteiger partial charge is 0.330 e. The average Bonchev–Trinajstić information content (AvgIpc) is 2.88. The van der Waals surface area contributed by atoms with Gasteiger partial charge in [0, 0.05) is 17.8 Å². The third-order valence-electron chi connectivity index (χ3n) is 3.40. The van der Waals surface area contributed by atoms with Crippen molar-refractivity contribution in [2.75, 3.05) is 6.54 Å². The van der Waals surface area contributed by atoms with Gasteiger partial charge in [-0.2, -0.15) is 0 Å². The molecule has 22 heavy (non-hydrogen) atoms. The molecule has 2 heterocycles. The van der Waals surface area contributed by atoms with E-state index in [-0.39, 0.29) is 4.90 Å². The van der Waals surface area contributed by atoms with E-state index >= 15 is 0 Å². The minimum absolute atomic E-state index is 0.00996. The molecule has 0 saturated heterocycles. The predicted molar refractivity (Wildman–Crippen MR) is 81.5 cm³/mol. The molecule has 0 saturated carbocycles. The van der Waals surface area contributed by atoms with Gasteiger partial charge in [-0.3, -0.25) is 0 Å². The number of nitrogens with two attached hydrogens (primary N) is 1. The van der Waals surface area contributed by atoms with E-state index in [2.05, 4.69) is 4.98 Å². The predicted octanol–water partition coefficient (Wildman–Crippen LogP) is 1.91. The molecule has 0 radical (unpaired) electrons.